The van der Waals surface area contributed by atoms with Gasteiger partial charge in [-0.25, -0.2) is 0 Å². The second-order valence-electron chi connectivity index (χ2n) is 6.51. The Bertz CT molecular complexity index is 453. The second kappa shape index (κ2) is 7.64. The first-order chi connectivity index (χ1) is 10.0. The highest BCUT2D eigenvalue weighted by molar-refractivity contribution is 9.10. The predicted molar refractivity (Wildman–Crippen MR) is 96.1 cm³/mol. The Balaban J connectivity index is 2.21. The van der Waals surface area contributed by atoms with E-state index < -0.39 is 0 Å². The maximum atomic E-state index is 3.62. The fourth-order valence-electron chi connectivity index (χ4n) is 3.44. The summed E-state index contributed by atoms with van der Waals surface area (Å²) in [6.45, 7) is 7.80. The highest BCUT2D eigenvalue weighted by atomic mass is 79.9. The molecule has 0 bridgehead atoms. The van der Waals surface area contributed by atoms with Crippen LogP contribution in [0.1, 0.15) is 58.1 Å². The van der Waals surface area contributed by atoms with Crippen LogP contribution in [0, 0.1) is 5.92 Å². The van der Waals surface area contributed by atoms with Gasteiger partial charge in [0.1, 0.15) is 0 Å². The van der Waals surface area contributed by atoms with Crippen molar-refractivity contribution in [2.75, 3.05) is 18.5 Å². The molecule has 3 heteroatoms. The Labute approximate surface area is 138 Å². The van der Waals surface area contributed by atoms with Gasteiger partial charge in [-0.2, -0.15) is 0 Å². The van der Waals surface area contributed by atoms with Crippen LogP contribution in [0.4, 0.5) is 5.69 Å². The quantitative estimate of drug-likeness (QED) is 0.789. The number of anilines is 1. The van der Waals surface area contributed by atoms with Crippen molar-refractivity contribution in [3.05, 3.63) is 28.2 Å². The number of halogens is 1. The fraction of sp³-hybridized carbons (Fsp3) is 0.667. The lowest BCUT2D eigenvalue weighted by molar-refractivity contribution is 0.340. The largest absolute Gasteiger partial charge is 0.371 e. The highest BCUT2D eigenvalue weighted by Crippen LogP contribution is 2.34. The summed E-state index contributed by atoms with van der Waals surface area (Å²) in [5.41, 5.74) is 2.78. The van der Waals surface area contributed by atoms with E-state index in [0.29, 0.717) is 12.1 Å². The number of benzene rings is 1. The molecular formula is C18H29BrN2. The third kappa shape index (κ3) is 4.23. The van der Waals surface area contributed by atoms with Crippen LogP contribution < -0.4 is 10.2 Å². The topological polar surface area (TPSA) is 15.3 Å². The molecule has 0 spiro atoms. The van der Waals surface area contributed by atoms with Gasteiger partial charge in [0.05, 0.1) is 0 Å². The summed E-state index contributed by atoms with van der Waals surface area (Å²) in [5, 5.41) is 3.55. The maximum Gasteiger partial charge on any atom is 0.0415 e. The van der Waals surface area contributed by atoms with E-state index >= 15 is 0 Å². The van der Waals surface area contributed by atoms with Gasteiger partial charge in [-0.3, -0.25) is 0 Å². The van der Waals surface area contributed by atoms with Crippen LogP contribution in [0.15, 0.2) is 22.7 Å². The Morgan fingerprint density at radius 3 is 2.57 bits per heavy atom. The average Bonchev–Trinajstić information content (AvgIpc) is 2.47. The molecule has 1 N–H and O–H groups in total. The fourth-order valence-corrected chi connectivity index (χ4v) is 3.81. The molecule has 0 heterocycles. The maximum absolute atomic E-state index is 3.62. The number of hydrogen-bond donors (Lipinski definition) is 1. The van der Waals surface area contributed by atoms with Crippen molar-refractivity contribution in [3.63, 3.8) is 0 Å². The molecule has 1 atom stereocenters. The summed E-state index contributed by atoms with van der Waals surface area (Å²) < 4.78 is 1.16. The molecular weight excluding hydrogens is 324 g/mol. The van der Waals surface area contributed by atoms with Crippen LogP contribution in [0.25, 0.3) is 0 Å². The molecule has 118 valence electrons. The van der Waals surface area contributed by atoms with E-state index in [9.17, 15) is 0 Å². The van der Waals surface area contributed by atoms with E-state index in [0.717, 1.165) is 16.9 Å². The molecule has 0 saturated heterocycles. The SMILES string of the molecule is CCNC(C)c1cc(Br)ccc1N(C)C1CCC(C)CC1. The van der Waals surface area contributed by atoms with Gasteiger partial charge in [0.25, 0.3) is 0 Å². The number of hydrogen-bond acceptors (Lipinski definition) is 2. The first kappa shape index (κ1) is 16.8. The van der Waals surface area contributed by atoms with Gasteiger partial charge in [0.15, 0.2) is 0 Å². The van der Waals surface area contributed by atoms with Crippen LogP contribution in [0.5, 0.6) is 0 Å². The zero-order valence-corrected chi connectivity index (χ0v) is 15.4. The molecule has 0 aliphatic heterocycles. The molecule has 1 aromatic carbocycles. The molecule has 21 heavy (non-hydrogen) atoms. The third-order valence-electron chi connectivity index (χ3n) is 4.88. The van der Waals surface area contributed by atoms with Crippen LogP contribution in [0.3, 0.4) is 0 Å². The molecule has 0 aromatic heterocycles. The Morgan fingerprint density at radius 1 is 1.29 bits per heavy atom. The van der Waals surface area contributed by atoms with Gasteiger partial charge in [0.2, 0.25) is 0 Å². The van der Waals surface area contributed by atoms with Crippen LogP contribution >= 0.6 is 15.9 Å². The van der Waals surface area contributed by atoms with Gasteiger partial charge in [-0.1, -0.05) is 29.8 Å². The summed E-state index contributed by atoms with van der Waals surface area (Å²) in [7, 11) is 2.27. The molecule has 0 amide bonds. The second-order valence-corrected chi connectivity index (χ2v) is 7.42. The van der Waals surface area contributed by atoms with E-state index in [2.05, 4.69) is 72.2 Å². The van der Waals surface area contributed by atoms with E-state index in [4.69, 9.17) is 0 Å². The van der Waals surface area contributed by atoms with E-state index in [1.54, 1.807) is 0 Å². The average molecular weight is 353 g/mol. The van der Waals surface area contributed by atoms with Crippen LogP contribution in [-0.4, -0.2) is 19.6 Å². The lowest BCUT2D eigenvalue weighted by Gasteiger charge is -2.37. The van der Waals surface area contributed by atoms with Crippen molar-refractivity contribution in [1.29, 1.82) is 0 Å². The first-order valence-corrected chi connectivity index (χ1v) is 9.07. The minimum absolute atomic E-state index is 0.382. The summed E-state index contributed by atoms with van der Waals surface area (Å²) >= 11 is 3.62. The molecule has 1 saturated carbocycles. The number of nitrogens with one attached hydrogen (secondary N) is 1. The Hall–Kier alpha value is -0.540. The van der Waals surface area contributed by atoms with Crippen molar-refractivity contribution in [3.8, 4) is 0 Å². The lowest BCUT2D eigenvalue weighted by atomic mass is 9.86. The van der Waals surface area contributed by atoms with E-state index in [1.807, 2.05) is 0 Å². The third-order valence-corrected chi connectivity index (χ3v) is 5.37. The molecule has 2 rings (SSSR count). The number of rotatable bonds is 5. The predicted octanol–water partition coefficient (Wildman–Crippen LogP) is 5.13. The minimum atomic E-state index is 0.382. The zero-order valence-electron chi connectivity index (χ0n) is 13.8. The molecule has 1 aromatic rings. The van der Waals surface area contributed by atoms with Gasteiger partial charge >= 0.3 is 0 Å². The molecule has 1 fully saturated rings. The molecule has 1 unspecified atom stereocenters. The van der Waals surface area contributed by atoms with Crippen molar-refractivity contribution < 1.29 is 0 Å². The van der Waals surface area contributed by atoms with Gasteiger partial charge in [0, 0.05) is 29.3 Å². The summed E-state index contributed by atoms with van der Waals surface area (Å²) in [4.78, 5) is 2.52. The molecule has 1 aliphatic rings. The molecule has 2 nitrogen and oxygen atoms in total. The van der Waals surface area contributed by atoms with E-state index in [-0.39, 0.29) is 0 Å². The standard InChI is InChI=1S/C18H29BrN2/c1-5-20-14(3)17-12-15(19)8-11-18(17)21(4)16-9-6-13(2)7-10-16/h8,11-14,16,20H,5-7,9-10H2,1-4H3. The minimum Gasteiger partial charge on any atom is -0.371 e. The van der Waals surface area contributed by atoms with E-state index in [1.165, 1.54) is 36.9 Å². The van der Waals surface area contributed by atoms with Crippen LogP contribution in [-0.2, 0) is 0 Å². The number of nitrogens with zero attached hydrogens (tertiary/aromatic N) is 1. The molecule has 1 aliphatic carbocycles. The molecule has 0 radical (unpaired) electrons. The van der Waals surface area contributed by atoms with Gasteiger partial charge in [-0.05, 0) is 68.8 Å². The summed E-state index contributed by atoms with van der Waals surface area (Å²) in [6, 6.07) is 7.78. The highest BCUT2D eigenvalue weighted by Gasteiger charge is 2.24. The van der Waals surface area contributed by atoms with Crippen molar-refractivity contribution in [1.82, 2.24) is 5.32 Å². The monoisotopic (exact) mass is 352 g/mol. The van der Waals surface area contributed by atoms with Crippen molar-refractivity contribution in [2.45, 2.75) is 58.5 Å². The van der Waals surface area contributed by atoms with Crippen LogP contribution in [0.2, 0.25) is 0 Å². The van der Waals surface area contributed by atoms with Crippen molar-refractivity contribution >= 4 is 21.6 Å². The summed E-state index contributed by atoms with van der Waals surface area (Å²) in [6.07, 6.45) is 5.37. The van der Waals surface area contributed by atoms with Gasteiger partial charge < -0.3 is 10.2 Å². The normalized spacial score (nSPS) is 23.9. The smallest absolute Gasteiger partial charge is 0.0415 e. The summed E-state index contributed by atoms with van der Waals surface area (Å²) in [5.74, 6) is 0.903. The Kier molecular flexibility index (Phi) is 6.12. The van der Waals surface area contributed by atoms with Crippen molar-refractivity contribution in [2.24, 2.45) is 5.92 Å². The van der Waals surface area contributed by atoms with Gasteiger partial charge in [-0.15, -0.1) is 0 Å². The first-order valence-electron chi connectivity index (χ1n) is 8.28. The zero-order chi connectivity index (χ0) is 15.4. The Morgan fingerprint density at radius 2 is 1.95 bits per heavy atom. The lowest BCUT2D eigenvalue weighted by Crippen LogP contribution is -2.36.